The molecule has 9 nitrogen and oxygen atoms in total. The standard InChI is InChI=1S/C32H44N8O/c1-22-15-31-25(16-28(22)26-17-34-36(3)18-26)5-4-12-39(31)32-29-21-38(23(2)41)14-9-30(29)40(35-32)27-19-37(20-27)13-8-24-6-10-33-11-7-24/h15-18,24,27,33H,4-14,19-21H2,1-3H3. The lowest BCUT2D eigenvalue weighted by Crippen LogP contribution is -2.49. The molecule has 0 aliphatic carbocycles. The van der Waals surface area contributed by atoms with Crippen LogP contribution in [0.4, 0.5) is 11.5 Å². The maximum atomic E-state index is 12.4. The van der Waals surface area contributed by atoms with Gasteiger partial charge in [0.05, 0.1) is 18.8 Å². The van der Waals surface area contributed by atoms with E-state index in [-0.39, 0.29) is 5.91 Å². The second kappa shape index (κ2) is 10.9. The Balaban J connectivity index is 1.17. The first-order valence-corrected chi connectivity index (χ1v) is 15.6. The zero-order valence-corrected chi connectivity index (χ0v) is 24.9. The summed E-state index contributed by atoms with van der Waals surface area (Å²) in [6.07, 6.45) is 11.0. The predicted molar refractivity (Wildman–Crippen MR) is 161 cm³/mol. The topological polar surface area (TPSA) is 74.5 Å². The number of hydrogen-bond donors (Lipinski definition) is 1. The number of piperidine rings is 1. The Morgan fingerprint density at radius 3 is 2.71 bits per heavy atom. The SMILES string of the molecule is CC(=O)N1CCc2c(c(N3CCCc4cc(-c5cnn(C)c5)c(C)cc43)nn2C2CN(CCC3CCNCC3)C2)C1. The highest BCUT2D eigenvalue weighted by Gasteiger charge is 2.36. The lowest BCUT2D eigenvalue weighted by molar-refractivity contribution is -0.129. The van der Waals surface area contributed by atoms with Crippen LogP contribution >= 0.6 is 0 Å². The van der Waals surface area contributed by atoms with E-state index in [1.54, 1.807) is 6.92 Å². The van der Waals surface area contributed by atoms with Crippen LogP contribution in [0, 0.1) is 12.8 Å². The summed E-state index contributed by atoms with van der Waals surface area (Å²) in [7, 11) is 1.97. The van der Waals surface area contributed by atoms with Gasteiger partial charge in [-0.1, -0.05) is 0 Å². The van der Waals surface area contributed by atoms with Crippen molar-refractivity contribution in [1.82, 2.24) is 34.7 Å². The van der Waals surface area contributed by atoms with E-state index >= 15 is 0 Å². The highest BCUT2D eigenvalue weighted by Crippen LogP contribution is 2.41. The zero-order valence-electron chi connectivity index (χ0n) is 24.9. The van der Waals surface area contributed by atoms with Crippen molar-refractivity contribution in [3.63, 3.8) is 0 Å². The first-order chi connectivity index (χ1) is 19.9. The summed E-state index contributed by atoms with van der Waals surface area (Å²) < 4.78 is 4.23. The summed E-state index contributed by atoms with van der Waals surface area (Å²) in [6.45, 7) is 12.0. The third-order valence-corrected chi connectivity index (χ3v) is 9.92. The van der Waals surface area contributed by atoms with E-state index in [0.717, 1.165) is 57.2 Å². The maximum absolute atomic E-state index is 12.4. The number of nitrogens with zero attached hydrogens (tertiary/aromatic N) is 7. The number of carbonyl (C=O) groups excluding carboxylic acids is 1. The van der Waals surface area contributed by atoms with Crippen molar-refractivity contribution >= 4 is 17.4 Å². The van der Waals surface area contributed by atoms with Gasteiger partial charge < -0.3 is 15.1 Å². The summed E-state index contributed by atoms with van der Waals surface area (Å²) in [5, 5.41) is 13.3. The number of hydrogen-bond acceptors (Lipinski definition) is 6. The quantitative estimate of drug-likeness (QED) is 0.498. The Morgan fingerprint density at radius 1 is 1.12 bits per heavy atom. The normalized spacial score (nSPS) is 20.2. The van der Waals surface area contributed by atoms with E-state index in [1.807, 2.05) is 22.8 Å². The number of fused-ring (bicyclic) bond motifs is 2. The first kappa shape index (κ1) is 26.7. The van der Waals surface area contributed by atoms with Crippen LogP contribution in [0.15, 0.2) is 24.5 Å². The number of anilines is 2. The summed E-state index contributed by atoms with van der Waals surface area (Å²) in [6, 6.07) is 5.14. The number of likely N-dealkylation sites (tertiary alicyclic amines) is 1. The van der Waals surface area contributed by atoms with Gasteiger partial charge in [0.15, 0.2) is 5.82 Å². The minimum Gasteiger partial charge on any atom is -0.338 e. The average molecular weight is 557 g/mol. The molecule has 0 radical (unpaired) electrons. The van der Waals surface area contributed by atoms with Crippen LogP contribution in [-0.2, 0) is 31.2 Å². The molecule has 0 unspecified atom stereocenters. The van der Waals surface area contributed by atoms with E-state index in [0.29, 0.717) is 12.6 Å². The van der Waals surface area contributed by atoms with Crippen LogP contribution in [0.5, 0.6) is 0 Å². The smallest absolute Gasteiger partial charge is 0.219 e. The van der Waals surface area contributed by atoms with E-state index in [4.69, 9.17) is 5.10 Å². The Morgan fingerprint density at radius 2 is 1.95 bits per heavy atom. The molecular weight excluding hydrogens is 512 g/mol. The van der Waals surface area contributed by atoms with Crippen molar-refractivity contribution in [2.24, 2.45) is 13.0 Å². The van der Waals surface area contributed by atoms with Crippen LogP contribution in [0.2, 0.25) is 0 Å². The van der Waals surface area contributed by atoms with Gasteiger partial charge in [0.1, 0.15) is 0 Å². The molecule has 0 atom stereocenters. The second-order valence-electron chi connectivity index (χ2n) is 12.7. The molecule has 1 aromatic carbocycles. The summed E-state index contributed by atoms with van der Waals surface area (Å²) >= 11 is 0. The molecule has 9 heteroatoms. The van der Waals surface area contributed by atoms with Crippen LogP contribution in [-0.4, -0.2) is 81.1 Å². The molecule has 1 amide bonds. The summed E-state index contributed by atoms with van der Waals surface area (Å²) in [4.78, 5) is 19.5. The van der Waals surface area contributed by atoms with Crippen molar-refractivity contribution < 1.29 is 4.79 Å². The highest BCUT2D eigenvalue weighted by molar-refractivity contribution is 5.77. The van der Waals surface area contributed by atoms with Gasteiger partial charge in [-0.05, 0) is 93.4 Å². The Kier molecular flexibility index (Phi) is 7.11. The zero-order chi connectivity index (χ0) is 28.1. The Bertz CT molecular complexity index is 1430. The van der Waals surface area contributed by atoms with Crippen LogP contribution in [0.25, 0.3) is 11.1 Å². The molecule has 6 heterocycles. The fourth-order valence-corrected chi connectivity index (χ4v) is 7.46. The number of carbonyl (C=O) groups is 1. The Labute approximate surface area is 243 Å². The van der Waals surface area contributed by atoms with Crippen LogP contribution in [0.3, 0.4) is 0 Å². The largest absolute Gasteiger partial charge is 0.338 e. The summed E-state index contributed by atoms with van der Waals surface area (Å²) in [5.74, 6) is 2.09. The fourth-order valence-electron chi connectivity index (χ4n) is 7.46. The highest BCUT2D eigenvalue weighted by atomic mass is 16.2. The van der Waals surface area contributed by atoms with E-state index in [9.17, 15) is 4.79 Å². The van der Waals surface area contributed by atoms with Crippen molar-refractivity contribution in [3.05, 3.63) is 46.9 Å². The van der Waals surface area contributed by atoms with Crippen molar-refractivity contribution in [3.8, 4) is 11.1 Å². The molecule has 0 spiro atoms. The molecule has 4 aliphatic rings. The minimum atomic E-state index is 0.151. The monoisotopic (exact) mass is 556 g/mol. The molecule has 2 saturated heterocycles. The van der Waals surface area contributed by atoms with Crippen LogP contribution in [0.1, 0.15) is 61.0 Å². The van der Waals surface area contributed by atoms with Crippen molar-refractivity contribution in [2.75, 3.05) is 50.7 Å². The molecule has 0 saturated carbocycles. The number of aryl methyl sites for hydroxylation is 3. The molecular formula is C32H44N8O. The molecule has 7 rings (SSSR count). The number of amides is 1. The molecule has 1 N–H and O–H groups in total. The lowest BCUT2D eigenvalue weighted by atomic mass is 9.93. The van der Waals surface area contributed by atoms with Gasteiger partial charge in [-0.3, -0.25) is 19.1 Å². The van der Waals surface area contributed by atoms with Crippen molar-refractivity contribution in [1.29, 1.82) is 0 Å². The van der Waals surface area contributed by atoms with Gasteiger partial charge in [-0.15, -0.1) is 0 Å². The average Bonchev–Trinajstić information content (AvgIpc) is 3.55. The molecule has 3 aromatic rings. The fraction of sp³-hybridized carbons (Fsp3) is 0.594. The summed E-state index contributed by atoms with van der Waals surface area (Å²) in [5.41, 5.74) is 8.91. The third-order valence-electron chi connectivity index (χ3n) is 9.92. The van der Waals surface area contributed by atoms with E-state index < -0.39 is 0 Å². The lowest BCUT2D eigenvalue weighted by Gasteiger charge is -2.41. The van der Waals surface area contributed by atoms with Gasteiger partial charge in [0.25, 0.3) is 0 Å². The van der Waals surface area contributed by atoms with Gasteiger partial charge in [-0.2, -0.15) is 10.2 Å². The Hall–Kier alpha value is -3.17. The van der Waals surface area contributed by atoms with E-state index in [1.165, 1.54) is 78.1 Å². The number of rotatable bonds is 6. The van der Waals surface area contributed by atoms with Gasteiger partial charge in [0.2, 0.25) is 5.91 Å². The number of benzene rings is 1. The third kappa shape index (κ3) is 5.07. The number of aromatic nitrogens is 4. The molecule has 41 heavy (non-hydrogen) atoms. The van der Waals surface area contributed by atoms with Crippen molar-refractivity contribution in [2.45, 2.75) is 65.0 Å². The number of nitrogens with one attached hydrogen (secondary N) is 1. The second-order valence-corrected chi connectivity index (χ2v) is 12.7. The van der Waals surface area contributed by atoms with E-state index in [2.05, 4.69) is 50.2 Å². The van der Waals surface area contributed by atoms with Gasteiger partial charge in [-0.25, -0.2) is 0 Å². The van der Waals surface area contributed by atoms with Crippen LogP contribution < -0.4 is 10.2 Å². The molecule has 2 aromatic heterocycles. The molecule has 4 aliphatic heterocycles. The molecule has 2 fully saturated rings. The van der Waals surface area contributed by atoms with Gasteiger partial charge >= 0.3 is 0 Å². The predicted octanol–water partition coefficient (Wildman–Crippen LogP) is 3.83. The molecule has 0 bridgehead atoms. The molecule has 218 valence electrons. The maximum Gasteiger partial charge on any atom is 0.219 e. The minimum absolute atomic E-state index is 0.151. The van der Waals surface area contributed by atoms with Gasteiger partial charge in [0, 0.05) is 75.3 Å². The first-order valence-electron chi connectivity index (χ1n) is 15.6.